The van der Waals surface area contributed by atoms with Gasteiger partial charge in [0.2, 0.25) is 5.91 Å². The fourth-order valence-electron chi connectivity index (χ4n) is 2.88. The number of rotatable bonds is 3. The first kappa shape index (κ1) is 17.3. The fraction of sp³-hybridized carbons (Fsp3) is 0.263. The number of hydrogen-bond donors (Lipinski definition) is 1. The molecule has 1 aliphatic rings. The Morgan fingerprint density at radius 2 is 1.92 bits per heavy atom. The molecule has 0 bridgehead atoms. The van der Waals surface area contributed by atoms with Crippen LogP contribution < -0.4 is 15.0 Å². The second kappa shape index (κ2) is 6.76. The molecule has 0 radical (unpaired) electrons. The first-order valence-electron chi connectivity index (χ1n) is 8.00. The second-order valence-electron chi connectivity index (χ2n) is 6.11. The zero-order valence-corrected chi connectivity index (χ0v) is 15.1. The van der Waals surface area contributed by atoms with Crippen molar-refractivity contribution >= 4 is 34.8 Å². The van der Waals surface area contributed by atoms with E-state index in [0.29, 0.717) is 16.5 Å². The second-order valence-corrected chi connectivity index (χ2v) is 6.55. The number of benzene rings is 2. The van der Waals surface area contributed by atoms with Gasteiger partial charge in [-0.15, -0.1) is 0 Å². The van der Waals surface area contributed by atoms with Crippen molar-refractivity contribution in [1.82, 2.24) is 0 Å². The zero-order chi connectivity index (χ0) is 18.1. The number of amides is 2. The topological polar surface area (TPSA) is 58.6 Å². The summed E-state index contributed by atoms with van der Waals surface area (Å²) in [6.45, 7) is 5.42. The molecule has 6 heteroatoms. The van der Waals surface area contributed by atoms with Crippen molar-refractivity contribution in [2.75, 3.05) is 16.8 Å². The summed E-state index contributed by atoms with van der Waals surface area (Å²) in [6, 6.07) is 10.8. The minimum atomic E-state index is -0.651. The molecule has 2 aromatic carbocycles. The maximum Gasteiger partial charge on any atom is 0.268 e. The monoisotopic (exact) mass is 358 g/mol. The van der Waals surface area contributed by atoms with E-state index < -0.39 is 6.10 Å². The van der Waals surface area contributed by atoms with Gasteiger partial charge in [0.1, 0.15) is 12.3 Å². The predicted octanol–water partition coefficient (Wildman–Crippen LogP) is 3.71. The van der Waals surface area contributed by atoms with Crippen molar-refractivity contribution in [2.45, 2.75) is 26.9 Å². The molecule has 0 aliphatic carbocycles. The van der Waals surface area contributed by atoms with Crippen LogP contribution in [0.2, 0.25) is 5.02 Å². The number of fused-ring (bicyclic) bond motifs is 1. The highest BCUT2D eigenvalue weighted by Crippen LogP contribution is 2.36. The van der Waals surface area contributed by atoms with Gasteiger partial charge in [-0.1, -0.05) is 29.8 Å². The van der Waals surface area contributed by atoms with E-state index in [1.54, 1.807) is 25.1 Å². The standard InChI is InChI=1S/C19H19ClN2O3/c1-11-5-4-6-12(2)18(11)21-17(23)10-22-15-9-14(20)7-8-16(15)25-13(3)19(22)24/h4-9,13H,10H2,1-3H3,(H,21,23). The van der Waals surface area contributed by atoms with Gasteiger partial charge in [0.25, 0.3) is 5.91 Å². The third kappa shape index (κ3) is 3.46. The number of carbonyl (C=O) groups is 2. The number of nitrogens with zero attached hydrogens (tertiary/aromatic N) is 1. The normalized spacial score (nSPS) is 16.2. The molecule has 0 aromatic heterocycles. The van der Waals surface area contributed by atoms with Crippen molar-refractivity contribution in [2.24, 2.45) is 0 Å². The van der Waals surface area contributed by atoms with Crippen LogP contribution >= 0.6 is 11.6 Å². The third-order valence-corrected chi connectivity index (χ3v) is 4.41. The van der Waals surface area contributed by atoms with Crippen LogP contribution in [0.15, 0.2) is 36.4 Å². The van der Waals surface area contributed by atoms with E-state index in [4.69, 9.17) is 16.3 Å². The summed E-state index contributed by atoms with van der Waals surface area (Å²) in [6.07, 6.45) is -0.651. The molecule has 130 valence electrons. The summed E-state index contributed by atoms with van der Waals surface area (Å²) in [7, 11) is 0. The van der Waals surface area contributed by atoms with Gasteiger partial charge in [0.05, 0.1) is 5.69 Å². The first-order valence-corrected chi connectivity index (χ1v) is 8.38. The third-order valence-electron chi connectivity index (χ3n) is 4.18. The molecule has 0 fully saturated rings. The summed E-state index contributed by atoms with van der Waals surface area (Å²) in [4.78, 5) is 26.5. The average molecular weight is 359 g/mol. The van der Waals surface area contributed by atoms with E-state index >= 15 is 0 Å². The van der Waals surface area contributed by atoms with Crippen molar-refractivity contribution in [3.8, 4) is 5.75 Å². The van der Waals surface area contributed by atoms with E-state index in [1.165, 1.54) is 4.90 Å². The summed E-state index contributed by atoms with van der Waals surface area (Å²) in [5, 5.41) is 3.38. The SMILES string of the molecule is Cc1cccc(C)c1NC(=O)CN1C(=O)C(C)Oc2ccc(Cl)cc21. The summed E-state index contributed by atoms with van der Waals surface area (Å²) in [5.41, 5.74) is 3.22. The summed E-state index contributed by atoms with van der Waals surface area (Å²) in [5.74, 6) is -0.00595. The molecule has 1 unspecified atom stereocenters. The highest BCUT2D eigenvalue weighted by molar-refractivity contribution is 6.31. The lowest BCUT2D eigenvalue weighted by Gasteiger charge is -2.32. The Morgan fingerprint density at radius 1 is 1.24 bits per heavy atom. The number of aryl methyl sites for hydroxylation is 2. The Kier molecular flexibility index (Phi) is 4.68. The van der Waals surface area contributed by atoms with Gasteiger partial charge in [0, 0.05) is 10.7 Å². The van der Waals surface area contributed by atoms with Crippen LogP contribution in [0.1, 0.15) is 18.1 Å². The maximum atomic E-state index is 12.6. The minimum absolute atomic E-state index is 0.104. The molecule has 1 heterocycles. The van der Waals surface area contributed by atoms with E-state index in [0.717, 1.165) is 16.8 Å². The molecule has 1 atom stereocenters. The number of nitrogens with one attached hydrogen (secondary N) is 1. The highest BCUT2D eigenvalue weighted by Gasteiger charge is 2.33. The Hall–Kier alpha value is -2.53. The quantitative estimate of drug-likeness (QED) is 0.909. The van der Waals surface area contributed by atoms with Crippen molar-refractivity contribution < 1.29 is 14.3 Å². The van der Waals surface area contributed by atoms with E-state index in [-0.39, 0.29) is 18.4 Å². The Balaban J connectivity index is 1.85. The number of hydrogen-bond acceptors (Lipinski definition) is 3. The fourth-order valence-corrected chi connectivity index (χ4v) is 3.04. The molecule has 1 aliphatic heterocycles. The lowest BCUT2D eigenvalue weighted by Crippen LogP contribution is -2.47. The average Bonchev–Trinajstić information content (AvgIpc) is 2.56. The molecule has 0 saturated carbocycles. The molecule has 5 nitrogen and oxygen atoms in total. The molecule has 2 aromatic rings. The number of carbonyl (C=O) groups excluding carboxylic acids is 2. The molecule has 25 heavy (non-hydrogen) atoms. The molecule has 0 saturated heterocycles. The smallest absolute Gasteiger partial charge is 0.268 e. The largest absolute Gasteiger partial charge is 0.479 e. The molecule has 3 rings (SSSR count). The van der Waals surface area contributed by atoms with Gasteiger partial charge >= 0.3 is 0 Å². The maximum absolute atomic E-state index is 12.6. The van der Waals surface area contributed by atoms with Crippen molar-refractivity contribution in [3.05, 3.63) is 52.5 Å². The van der Waals surface area contributed by atoms with Crippen LogP contribution in [0.25, 0.3) is 0 Å². The van der Waals surface area contributed by atoms with Crippen LogP contribution in [0, 0.1) is 13.8 Å². The lowest BCUT2D eigenvalue weighted by molar-refractivity contribution is -0.127. The van der Waals surface area contributed by atoms with Gasteiger partial charge in [-0.3, -0.25) is 14.5 Å². The lowest BCUT2D eigenvalue weighted by atomic mass is 10.1. The van der Waals surface area contributed by atoms with Gasteiger partial charge in [-0.25, -0.2) is 0 Å². The number of para-hydroxylation sites is 1. The van der Waals surface area contributed by atoms with E-state index in [2.05, 4.69) is 5.32 Å². The Morgan fingerprint density at radius 3 is 2.60 bits per heavy atom. The molecule has 1 N–H and O–H groups in total. The molecular weight excluding hydrogens is 340 g/mol. The number of anilines is 2. The molecule has 2 amide bonds. The zero-order valence-electron chi connectivity index (χ0n) is 14.3. The van der Waals surface area contributed by atoms with E-state index in [9.17, 15) is 9.59 Å². The van der Waals surface area contributed by atoms with Crippen LogP contribution in [0.3, 0.4) is 0 Å². The predicted molar refractivity (Wildman–Crippen MR) is 98.4 cm³/mol. The van der Waals surface area contributed by atoms with Gasteiger partial charge in [-0.05, 0) is 50.1 Å². The summed E-state index contributed by atoms with van der Waals surface area (Å²) < 4.78 is 5.59. The summed E-state index contributed by atoms with van der Waals surface area (Å²) >= 11 is 6.04. The van der Waals surface area contributed by atoms with Crippen LogP contribution in [-0.2, 0) is 9.59 Å². The molecular formula is C19H19ClN2O3. The number of ether oxygens (including phenoxy) is 1. The van der Waals surface area contributed by atoms with Gasteiger partial charge in [0.15, 0.2) is 6.10 Å². The van der Waals surface area contributed by atoms with Gasteiger partial charge < -0.3 is 10.1 Å². The van der Waals surface area contributed by atoms with Crippen LogP contribution in [0.4, 0.5) is 11.4 Å². The van der Waals surface area contributed by atoms with Crippen LogP contribution in [0.5, 0.6) is 5.75 Å². The van der Waals surface area contributed by atoms with Crippen LogP contribution in [-0.4, -0.2) is 24.5 Å². The first-order chi connectivity index (χ1) is 11.9. The van der Waals surface area contributed by atoms with Crippen molar-refractivity contribution in [3.63, 3.8) is 0 Å². The number of halogens is 1. The van der Waals surface area contributed by atoms with Gasteiger partial charge in [-0.2, -0.15) is 0 Å². The Bertz CT molecular complexity index is 830. The Labute approximate surface area is 151 Å². The van der Waals surface area contributed by atoms with Crippen molar-refractivity contribution in [1.29, 1.82) is 0 Å². The highest BCUT2D eigenvalue weighted by atomic mass is 35.5. The molecule has 0 spiro atoms. The van der Waals surface area contributed by atoms with E-state index in [1.807, 2.05) is 32.0 Å². The minimum Gasteiger partial charge on any atom is -0.479 e.